The van der Waals surface area contributed by atoms with E-state index in [2.05, 4.69) is 30.2 Å². The van der Waals surface area contributed by atoms with Crippen LogP contribution in [0.3, 0.4) is 0 Å². The van der Waals surface area contributed by atoms with Crippen LogP contribution in [-0.4, -0.2) is 23.2 Å². The van der Waals surface area contributed by atoms with Crippen LogP contribution in [0.15, 0.2) is 18.5 Å². The molecule has 0 spiro atoms. The Morgan fingerprint density at radius 1 is 1.35 bits per heavy atom. The Bertz CT molecular complexity index is 309. The molecule has 0 saturated heterocycles. The van der Waals surface area contributed by atoms with Gasteiger partial charge in [0.15, 0.2) is 0 Å². The normalized spacial score (nSPS) is 12.6. The van der Waals surface area contributed by atoms with Gasteiger partial charge < -0.3 is 10.4 Å². The second-order valence-electron chi connectivity index (χ2n) is 4.67. The fourth-order valence-corrected chi connectivity index (χ4v) is 2.07. The maximum absolute atomic E-state index is 8.98. The van der Waals surface area contributed by atoms with Crippen molar-refractivity contribution in [2.45, 2.75) is 39.7 Å². The van der Waals surface area contributed by atoms with Gasteiger partial charge in [0.2, 0.25) is 0 Å². The third kappa shape index (κ3) is 5.80. The smallest absolute Gasteiger partial charge is 0.0434 e. The third-order valence-electron chi connectivity index (χ3n) is 2.93. The predicted molar refractivity (Wildman–Crippen MR) is 70.8 cm³/mol. The lowest BCUT2D eigenvalue weighted by Gasteiger charge is -2.15. The quantitative estimate of drug-likeness (QED) is 0.728. The van der Waals surface area contributed by atoms with Gasteiger partial charge in [-0.15, -0.1) is 0 Å². The summed E-state index contributed by atoms with van der Waals surface area (Å²) in [5.41, 5.74) is 2.43. The van der Waals surface area contributed by atoms with E-state index >= 15 is 0 Å². The van der Waals surface area contributed by atoms with E-state index in [9.17, 15) is 0 Å². The van der Waals surface area contributed by atoms with Crippen LogP contribution in [-0.2, 0) is 6.54 Å². The topological polar surface area (TPSA) is 45.1 Å². The third-order valence-corrected chi connectivity index (χ3v) is 2.93. The number of nitrogens with zero attached hydrogens (tertiary/aromatic N) is 1. The summed E-state index contributed by atoms with van der Waals surface area (Å²) in [6.45, 7) is 6.37. The Labute approximate surface area is 104 Å². The molecule has 96 valence electrons. The van der Waals surface area contributed by atoms with Crippen LogP contribution in [0.25, 0.3) is 0 Å². The molecule has 1 rings (SSSR count). The van der Waals surface area contributed by atoms with E-state index in [1.807, 2.05) is 12.4 Å². The van der Waals surface area contributed by atoms with Gasteiger partial charge in [-0.2, -0.15) is 0 Å². The molecule has 0 aliphatic rings. The fraction of sp³-hybridized carbons (Fsp3) is 0.643. The Hall–Kier alpha value is -0.930. The lowest BCUT2D eigenvalue weighted by atomic mass is 10.0. The molecule has 0 fully saturated rings. The molecule has 3 nitrogen and oxygen atoms in total. The lowest BCUT2D eigenvalue weighted by molar-refractivity contribution is 0.248. The molecule has 0 aliphatic carbocycles. The maximum atomic E-state index is 8.98. The van der Waals surface area contributed by atoms with Crippen molar-refractivity contribution in [1.29, 1.82) is 0 Å². The van der Waals surface area contributed by atoms with Crippen LogP contribution in [0.5, 0.6) is 0 Å². The molecule has 0 aromatic carbocycles. The van der Waals surface area contributed by atoms with Gasteiger partial charge in [0.05, 0.1) is 0 Å². The highest BCUT2D eigenvalue weighted by Crippen LogP contribution is 2.09. The second kappa shape index (κ2) is 8.20. The van der Waals surface area contributed by atoms with Crippen molar-refractivity contribution in [1.82, 2.24) is 10.3 Å². The minimum Gasteiger partial charge on any atom is -0.396 e. The van der Waals surface area contributed by atoms with Crippen molar-refractivity contribution >= 4 is 0 Å². The SMILES string of the molecule is CCCC(CCO)CNCc1cncc(C)c1. The molecule has 1 aromatic rings. The van der Waals surface area contributed by atoms with Gasteiger partial charge in [0, 0.05) is 25.5 Å². The average Bonchev–Trinajstić information content (AvgIpc) is 2.30. The van der Waals surface area contributed by atoms with Crippen molar-refractivity contribution in [2.75, 3.05) is 13.2 Å². The first kappa shape index (κ1) is 14.1. The van der Waals surface area contributed by atoms with Crippen molar-refractivity contribution in [3.8, 4) is 0 Å². The number of hydrogen-bond donors (Lipinski definition) is 2. The molecule has 1 unspecified atom stereocenters. The summed E-state index contributed by atoms with van der Waals surface area (Å²) < 4.78 is 0. The Kier molecular flexibility index (Phi) is 6.82. The van der Waals surface area contributed by atoms with Crippen LogP contribution in [0.1, 0.15) is 37.3 Å². The summed E-state index contributed by atoms with van der Waals surface area (Å²) in [6, 6.07) is 2.15. The molecule has 17 heavy (non-hydrogen) atoms. The molecule has 0 radical (unpaired) electrons. The predicted octanol–water partition coefficient (Wildman–Crippen LogP) is 2.28. The maximum Gasteiger partial charge on any atom is 0.0434 e. The molecule has 0 aliphatic heterocycles. The number of aromatic nitrogens is 1. The largest absolute Gasteiger partial charge is 0.396 e. The average molecular weight is 236 g/mol. The highest BCUT2D eigenvalue weighted by atomic mass is 16.3. The second-order valence-corrected chi connectivity index (χ2v) is 4.67. The fourth-order valence-electron chi connectivity index (χ4n) is 2.07. The van der Waals surface area contributed by atoms with Crippen molar-refractivity contribution in [3.05, 3.63) is 29.6 Å². The van der Waals surface area contributed by atoms with E-state index in [4.69, 9.17) is 5.11 Å². The van der Waals surface area contributed by atoms with Gasteiger partial charge in [0.1, 0.15) is 0 Å². The number of aliphatic hydroxyl groups excluding tert-OH is 1. The first-order chi connectivity index (χ1) is 8.26. The molecule has 1 heterocycles. The zero-order valence-electron chi connectivity index (χ0n) is 10.9. The van der Waals surface area contributed by atoms with Gasteiger partial charge in [0.25, 0.3) is 0 Å². The van der Waals surface area contributed by atoms with Crippen LogP contribution in [0.2, 0.25) is 0 Å². The number of aryl methyl sites for hydroxylation is 1. The van der Waals surface area contributed by atoms with Crippen LogP contribution in [0.4, 0.5) is 0 Å². The Morgan fingerprint density at radius 3 is 2.82 bits per heavy atom. The Morgan fingerprint density at radius 2 is 2.18 bits per heavy atom. The number of nitrogens with one attached hydrogen (secondary N) is 1. The summed E-state index contributed by atoms with van der Waals surface area (Å²) in [6.07, 6.45) is 7.03. The van der Waals surface area contributed by atoms with E-state index in [1.54, 1.807) is 0 Å². The standard InChI is InChI=1S/C14H24N2O/c1-3-4-13(5-6-17)9-16-11-14-7-12(2)8-15-10-14/h7-8,10,13,16-17H,3-6,9,11H2,1-2H3. The van der Waals surface area contributed by atoms with Crippen molar-refractivity contribution < 1.29 is 5.11 Å². The van der Waals surface area contributed by atoms with Crippen LogP contribution >= 0.6 is 0 Å². The molecular formula is C14H24N2O. The number of pyridine rings is 1. The highest BCUT2D eigenvalue weighted by Gasteiger charge is 2.06. The van der Waals surface area contributed by atoms with E-state index in [0.29, 0.717) is 12.5 Å². The molecule has 0 bridgehead atoms. The summed E-state index contributed by atoms with van der Waals surface area (Å²) in [4.78, 5) is 4.17. The minimum absolute atomic E-state index is 0.290. The zero-order valence-corrected chi connectivity index (χ0v) is 10.9. The van der Waals surface area contributed by atoms with E-state index in [-0.39, 0.29) is 0 Å². The summed E-state index contributed by atoms with van der Waals surface area (Å²) in [5, 5.41) is 12.4. The number of hydrogen-bond acceptors (Lipinski definition) is 3. The molecule has 0 saturated carbocycles. The van der Waals surface area contributed by atoms with E-state index in [1.165, 1.54) is 24.0 Å². The van der Waals surface area contributed by atoms with E-state index < -0.39 is 0 Å². The first-order valence-electron chi connectivity index (χ1n) is 6.48. The number of aliphatic hydroxyl groups is 1. The molecule has 2 N–H and O–H groups in total. The Balaban J connectivity index is 2.30. The van der Waals surface area contributed by atoms with Gasteiger partial charge in [-0.1, -0.05) is 19.4 Å². The zero-order chi connectivity index (χ0) is 12.5. The molecular weight excluding hydrogens is 212 g/mol. The summed E-state index contributed by atoms with van der Waals surface area (Å²) >= 11 is 0. The first-order valence-corrected chi connectivity index (χ1v) is 6.48. The highest BCUT2D eigenvalue weighted by molar-refractivity contribution is 5.16. The number of rotatable bonds is 8. The monoisotopic (exact) mass is 236 g/mol. The van der Waals surface area contributed by atoms with Crippen molar-refractivity contribution in [3.63, 3.8) is 0 Å². The lowest BCUT2D eigenvalue weighted by Crippen LogP contribution is -2.23. The van der Waals surface area contributed by atoms with Gasteiger partial charge in [-0.25, -0.2) is 0 Å². The molecule has 1 aromatic heterocycles. The van der Waals surface area contributed by atoms with Crippen LogP contribution < -0.4 is 5.32 Å². The molecule has 1 atom stereocenters. The molecule has 0 amide bonds. The van der Waals surface area contributed by atoms with Gasteiger partial charge in [-0.3, -0.25) is 4.98 Å². The molecule has 3 heteroatoms. The summed E-state index contributed by atoms with van der Waals surface area (Å²) in [5.74, 6) is 0.586. The van der Waals surface area contributed by atoms with Gasteiger partial charge >= 0.3 is 0 Å². The minimum atomic E-state index is 0.290. The van der Waals surface area contributed by atoms with Crippen LogP contribution in [0, 0.1) is 12.8 Å². The van der Waals surface area contributed by atoms with Gasteiger partial charge in [-0.05, 0) is 43.4 Å². The van der Waals surface area contributed by atoms with E-state index in [0.717, 1.165) is 19.5 Å². The van der Waals surface area contributed by atoms with Crippen molar-refractivity contribution in [2.24, 2.45) is 5.92 Å². The summed E-state index contributed by atoms with van der Waals surface area (Å²) in [7, 11) is 0.